The van der Waals surface area contributed by atoms with Gasteiger partial charge in [-0.25, -0.2) is 9.97 Å². The van der Waals surface area contributed by atoms with E-state index in [1.54, 1.807) is 6.20 Å². The molecule has 0 bridgehead atoms. The number of nitrogens with one attached hydrogen (secondary N) is 1. The number of benzene rings is 3. The number of hydrogen-bond acceptors (Lipinski definition) is 6. The Kier molecular flexibility index (Phi) is 6.52. The van der Waals surface area contributed by atoms with Crippen LogP contribution >= 0.6 is 0 Å². The van der Waals surface area contributed by atoms with E-state index < -0.39 is 0 Å². The van der Waals surface area contributed by atoms with E-state index in [0.717, 1.165) is 67.5 Å². The van der Waals surface area contributed by atoms with Crippen molar-refractivity contribution in [3.05, 3.63) is 91.1 Å². The maximum Gasteiger partial charge on any atom is 0.234 e. The fourth-order valence-electron chi connectivity index (χ4n) is 4.56. The van der Waals surface area contributed by atoms with Crippen LogP contribution in [0.4, 0.5) is 28.7 Å². The second kappa shape index (κ2) is 10.4. The average molecular weight is 492 g/mol. The molecular weight excluding hydrogens is 462 g/mol. The minimum Gasteiger partial charge on any atom is -0.378 e. The van der Waals surface area contributed by atoms with Crippen molar-refractivity contribution in [1.82, 2.24) is 9.97 Å². The van der Waals surface area contributed by atoms with Gasteiger partial charge in [-0.15, -0.1) is 0 Å². The van der Waals surface area contributed by atoms with Gasteiger partial charge in [0, 0.05) is 53.5 Å². The van der Waals surface area contributed by atoms with Crippen molar-refractivity contribution in [2.45, 2.75) is 12.8 Å². The molecule has 1 N–H and O–H groups in total. The number of ether oxygens (including phenoxy) is 1. The number of morpholine rings is 1. The molecule has 7 nitrogen and oxygen atoms in total. The van der Waals surface area contributed by atoms with Gasteiger partial charge in [0.1, 0.15) is 0 Å². The van der Waals surface area contributed by atoms with Crippen molar-refractivity contribution in [2.75, 3.05) is 41.4 Å². The number of carbonyl (C=O) groups is 1. The minimum absolute atomic E-state index is 0.123. The van der Waals surface area contributed by atoms with E-state index in [4.69, 9.17) is 9.72 Å². The van der Waals surface area contributed by atoms with Crippen molar-refractivity contribution < 1.29 is 9.53 Å². The number of hydrogen-bond donors (Lipinski definition) is 1. The molecule has 6 rings (SSSR count). The molecule has 1 amide bonds. The van der Waals surface area contributed by atoms with E-state index in [2.05, 4.69) is 27.3 Å². The molecule has 2 heterocycles. The number of amides is 1. The first-order valence-corrected chi connectivity index (χ1v) is 12.8. The Bertz CT molecular complexity index is 1350. The molecule has 0 unspecified atom stereocenters. The number of anilines is 5. The smallest absolute Gasteiger partial charge is 0.234 e. The molecule has 1 aliphatic heterocycles. The normalized spacial score (nSPS) is 15.3. The number of aromatic nitrogens is 2. The SMILES string of the molecule is O=C(C1CC1)N(c1ccccc1)c1ccc(-c2ccnc(Nc3ccc(N4CCOCC4)cc3)n2)cc1. The van der Waals surface area contributed by atoms with Crippen LogP contribution in [-0.2, 0) is 9.53 Å². The van der Waals surface area contributed by atoms with Crippen LogP contribution < -0.4 is 15.1 Å². The Labute approximate surface area is 216 Å². The monoisotopic (exact) mass is 491 g/mol. The molecule has 0 spiro atoms. The summed E-state index contributed by atoms with van der Waals surface area (Å²) < 4.78 is 5.44. The molecule has 3 aromatic carbocycles. The summed E-state index contributed by atoms with van der Waals surface area (Å²) in [5, 5.41) is 3.31. The quantitative estimate of drug-likeness (QED) is 0.352. The third-order valence-electron chi connectivity index (χ3n) is 6.74. The van der Waals surface area contributed by atoms with Gasteiger partial charge in [0.15, 0.2) is 0 Å². The second-order valence-electron chi connectivity index (χ2n) is 9.37. The molecule has 1 aliphatic carbocycles. The summed E-state index contributed by atoms with van der Waals surface area (Å²) in [6, 6.07) is 28.0. The molecule has 7 heteroatoms. The standard InChI is InChI=1S/C30H29N5O2/c36-29(23-6-7-23)35(26-4-2-1-3-5-26)27-12-8-22(9-13-27)28-16-17-31-30(33-28)32-24-10-14-25(15-11-24)34-18-20-37-21-19-34/h1-5,8-17,23H,6-7,18-21H2,(H,31,32,33). The lowest BCUT2D eigenvalue weighted by molar-refractivity contribution is -0.119. The van der Waals surface area contributed by atoms with E-state index in [1.165, 1.54) is 5.69 Å². The molecule has 1 saturated heterocycles. The first-order valence-electron chi connectivity index (χ1n) is 12.8. The van der Waals surface area contributed by atoms with Gasteiger partial charge in [0.25, 0.3) is 0 Å². The molecule has 1 saturated carbocycles. The van der Waals surface area contributed by atoms with Gasteiger partial charge in [-0.05, 0) is 67.4 Å². The van der Waals surface area contributed by atoms with Gasteiger partial charge in [0.05, 0.1) is 18.9 Å². The molecule has 2 aliphatic rings. The average Bonchev–Trinajstić information content (AvgIpc) is 3.81. The maximum absolute atomic E-state index is 13.1. The van der Waals surface area contributed by atoms with Crippen LogP contribution in [0.15, 0.2) is 91.1 Å². The lowest BCUT2D eigenvalue weighted by Crippen LogP contribution is -2.36. The van der Waals surface area contributed by atoms with E-state index >= 15 is 0 Å². The zero-order valence-corrected chi connectivity index (χ0v) is 20.6. The summed E-state index contributed by atoms with van der Waals surface area (Å²) in [5.74, 6) is 0.820. The summed E-state index contributed by atoms with van der Waals surface area (Å²) in [7, 11) is 0. The Morgan fingerprint density at radius 3 is 2.27 bits per heavy atom. The number of rotatable bonds is 7. The zero-order valence-electron chi connectivity index (χ0n) is 20.6. The second-order valence-corrected chi connectivity index (χ2v) is 9.37. The molecule has 186 valence electrons. The van der Waals surface area contributed by atoms with Crippen LogP contribution in [0.2, 0.25) is 0 Å². The van der Waals surface area contributed by atoms with Gasteiger partial charge in [-0.2, -0.15) is 0 Å². The predicted octanol–water partition coefficient (Wildman–Crippen LogP) is 5.80. The number of para-hydroxylation sites is 1. The number of nitrogens with zero attached hydrogens (tertiary/aromatic N) is 4. The van der Waals surface area contributed by atoms with Crippen LogP contribution in [0.5, 0.6) is 0 Å². The summed E-state index contributed by atoms with van der Waals surface area (Å²) in [5.41, 5.74) is 5.65. The Morgan fingerprint density at radius 2 is 1.57 bits per heavy atom. The first kappa shape index (κ1) is 23.2. The summed E-state index contributed by atoms with van der Waals surface area (Å²) in [4.78, 5) is 26.4. The van der Waals surface area contributed by atoms with E-state index in [1.807, 2.05) is 77.7 Å². The van der Waals surface area contributed by atoms with Crippen LogP contribution in [0.1, 0.15) is 12.8 Å². The Balaban J connectivity index is 1.18. The van der Waals surface area contributed by atoms with Crippen LogP contribution in [-0.4, -0.2) is 42.2 Å². The zero-order chi connectivity index (χ0) is 25.0. The summed E-state index contributed by atoms with van der Waals surface area (Å²) in [6.07, 6.45) is 3.69. The van der Waals surface area contributed by atoms with E-state index in [0.29, 0.717) is 5.95 Å². The fourth-order valence-corrected chi connectivity index (χ4v) is 4.56. The minimum atomic E-state index is 0.123. The van der Waals surface area contributed by atoms with E-state index in [9.17, 15) is 4.79 Å². The van der Waals surface area contributed by atoms with Crippen LogP contribution in [0.3, 0.4) is 0 Å². The highest BCUT2D eigenvalue weighted by atomic mass is 16.5. The van der Waals surface area contributed by atoms with Crippen molar-refractivity contribution in [2.24, 2.45) is 5.92 Å². The van der Waals surface area contributed by atoms with Crippen LogP contribution in [0.25, 0.3) is 11.3 Å². The Hall–Kier alpha value is -4.23. The largest absolute Gasteiger partial charge is 0.378 e. The summed E-state index contributed by atoms with van der Waals surface area (Å²) >= 11 is 0. The van der Waals surface area contributed by atoms with Crippen molar-refractivity contribution in [1.29, 1.82) is 0 Å². The highest BCUT2D eigenvalue weighted by Crippen LogP contribution is 2.37. The highest BCUT2D eigenvalue weighted by Gasteiger charge is 2.34. The first-order chi connectivity index (χ1) is 18.2. The molecule has 2 fully saturated rings. The molecule has 0 atom stereocenters. The van der Waals surface area contributed by atoms with Crippen molar-refractivity contribution in [3.63, 3.8) is 0 Å². The maximum atomic E-state index is 13.1. The van der Waals surface area contributed by atoms with Crippen molar-refractivity contribution in [3.8, 4) is 11.3 Å². The molecule has 0 radical (unpaired) electrons. The van der Waals surface area contributed by atoms with E-state index in [-0.39, 0.29) is 11.8 Å². The fraction of sp³-hybridized carbons (Fsp3) is 0.233. The van der Waals surface area contributed by atoms with Gasteiger partial charge in [0.2, 0.25) is 11.9 Å². The van der Waals surface area contributed by atoms with Gasteiger partial charge in [-0.3, -0.25) is 9.69 Å². The lowest BCUT2D eigenvalue weighted by atomic mass is 10.1. The van der Waals surface area contributed by atoms with Crippen molar-refractivity contribution >= 4 is 34.6 Å². The third kappa shape index (κ3) is 5.32. The number of carbonyl (C=O) groups excluding carboxylic acids is 1. The summed E-state index contributed by atoms with van der Waals surface area (Å²) in [6.45, 7) is 3.36. The van der Waals surface area contributed by atoms with Crippen LogP contribution in [0, 0.1) is 5.92 Å². The van der Waals surface area contributed by atoms with Gasteiger partial charge < -0.3 is 15.0 Å². The lowest BCUT2D eigenvalue weighted by Gasteiger charge is -2.28. The van der Waals surface area contributed by atoms with Gasteiger partial charge in [-0.1, -0.05) is 30.3 Å². The molecule has 1 aromatic heterocycles. The third-order valence-corrected chi connectivity index (χ3v) is 6.74. The van der Waals surface area contributed by atoms with Gasteiger partial charge >= 0.3 is 0 Å². The molecule has 4 aromatic rings. The molecule has 37 heavy (non-hydrogen) atoms. The highest BCUT2D eigenvalue weighted by molar-refractivity contribution is 6.03. The predicted molar refractivity (Wildman–Crippen MR) is 147 cm³/mol. The Morgan fingerprint density at radius 1 is 0.865 bits per heavy atom. The molecular formula is C30H29N5O2. The topological polar surface area (TPSA) is 70.6 Å².